The lowest BCUT2D eigenvalue weighted by molar-refractivity contribution is -0.0418. The van der Waals surface area contributed by atoms with Crippen LogP contribution in [0.5, 0.6) is 0 Å². The van der Waals surface area contributed by atoms with Crippen molar-refractivity contribution in [2.75, 3.05) is 0 Å². The molecule has 0 spiro atoms. The van der Waals surface area contributed by atoms with Gasteiger partial charge in [-0.2, -0.15) is 11.3 Å². The summed E-state index contributed by atoms with van der Waals surface area (Å²) in [5.74, 6) is 0. The Hall–Kier alpha value is -0.340. The van der Waals surface area contributed by atoms with Gasteiger partial charge in [0.15, 0.2) is 0 Å². The van der Waals surface area contributed by atoms with E-state index in [9.17, 15) is 5.11 Å². The highest BCUT2D eigenvalue weighted by molar-refractivity contribution is 7.07. The summed E-state index contributed by atoms with van der Waals surface area (Å²) < 4.78 is 0. The highest BCUT2D eigenvalue weighted by atomic mass is 32.1. The third-order valence-corrected chi connectivity index (χ3v) is 4.46. The van der Waals surface area contributed by atoms with E-state index in [0.717, 1.165) is 25.7 Å². The predicted molar refractivity (Wildman–Crippen MR) is 60.6 cm³/mol. The van der Waals surface area contributed by atoms with Crippen molar-refractivity contribution >= 4 is 11.3 Å². The Bertz CT molecular complexity index is 302. The van der Waals surface area contributed by atoms with Gasteiger partial charge in [-0.1, -0.05) is 13.8 Å². The van der Waals surface area contributed by atoms with Gasteiger partial charge in [-0.3, -0.25) is 0 Å². The molecule has 0 radical (unpaired) electrons. The van der Waals surface area contributed by atoms with Crippen molar-refractivity contribution < 1.29 is 5.11 Å². The van der Waals surface area contributed by atoms with Gasteiger partial charge >= 0.3 is 0 Å². The van der Waals surface area contributed by atoms with Crippen LogP contribution >= 0.6 is 11.3 Å². The van der Waals surface area contributed by atoms with Crippen LogP contribution in [-0.2, 0) is 6.42 Å². The second kappa shape index (κ2) is 3.35. The molecule has 1 unspecified atom stereocenters. The first kappa shape index (κ1) is 10.2. The molecule has 0 amide bonds. The van der Waals surface area contributed by atoms with Crippen LogP contribution < -0.4 is 0 Å². The Balaban J connectivity index is 2.17. The van der Waals surface area contributed by atoms with E-state index in [2.05, 4.69) is 30.7 Å². The van der Waals surface area contributed by atoms with Crippen LogP contribution in [0.25, 0.3) is 0 Å². The number of hydrogen-bond acceptors (Lipinski definition) is 2. The fourth-order valence-corrected chi connectivity index (χ4v) is 3.12. The first-order valence-electron chi connectivity index (χ1n) is 5.27. The minimum Gasteiger partial charge on any atom is -0.389 e. The lowest BCUT2D eigenvalue weighted by atomic mass is 9.75. The zero-order valence-corrected chi connectivity index (χ0v) is 9.73. The fraction of sp³-hybridized carbons (Fsp3) is 0.667. The highest BCUT2D eigenvalue weighted by Crippen LogP contribution is 2.47. The minimum atomic E-state index is -0.478. The van der Waals surface area contributed by atoms with Gasteiger partial charge in [0.05, 0.1) is 5.60 Å². The number of rotatable bonds is 2. The molecule has 1 aliphatic rings. The number of thiophene rings is 1. The smallest absolute Gasteiger partial charge is 0.0738 e. The minimum absolute atomic E-state index is 0.0783. The van der Waals surface area contributed by atoms with E-state index in [1.165, 1.54) is 5.56 Å². The van der Waals surface area contributed by atoms with Crippen molar-refractivity contribution in [1.82, 2.24) is 0 Å². The van der Waals surface area contributed by atoms with E-state index >= 15 is 0 Å². The van der Waals surface area contributed by atoms with E-state index in [-0.39, 0.29) is 5.41 Å². The lowest BCUT2D eigenvalue weighted by Crippen LogP contribution is -2.41. The summed E-state index contributed by atoms with van der Waals surface area (Å²) in [5.41, 5.74) is 0.885. The molecule has 0 aliphatic heterocycles. The zero-order chi connectivity index (χ0) is 10.2. The molecule has 0 aromatic carbocycles. The first-order chi connectivity index (χ1) is 6.54. The van der Waals surface area contributed by atoms with Gasteiger partial charge in [-0.05, 0) is 47.1 Å². The summed E-state index contributed by atoms with van der Waals surface area (Å²) in [6.07, 6.45) is 4.08. The summed E-state index contributed by atoms with van der Waals surface area (Å²) in [6, 6.07) is 2.12. The van der Waals surface area contributed by atoms with E-state index < -0.39 is 5.60 Å². The monoisotopic (exact) mass is 210 g/mol. The Kier molecular flexibility index (Phi) is 2.44. The predicted octanol–water partition coefficient (Wildman–Crippen LogP) is 3.23. The normalized spacial score (nSPS) is 30.8. The van der Waals surface area contributed by atoms with Crippen LogP contribution in [0.1, 0.15) is 38.7 Å². The largest absolute Gasteiger partial charge is 0.389 e. The Morgan fingerprint density at radius 2 is 2.21 bits per heavy atom. The summed E-state index contributed by atoms with van der Waals surface area (Å²) in [7, 11) is 0. The number of hydrogen-bond donors (Lipinski definition) is 1. The van der Waals surface area contributed by atoms with Crippen LogP contribution in [0.4, 0.5) is 0 Å². The van der Waals surface area contributed by atoms with Crippen molar-refractivity contribution in [3.63, 3.8) is 0 Å². The summed E-state index contributed by atoms with van der Waals surface area (Å²) >= 11 is 1.71. The van der Waals surface area contributed by atoms with Crippen molar-refractivity contribution in [2.24, 2.45) is 5.41 Å². The van der Waals surface area contributed by atoms with Crippen LogP contribution in [0.2, 0.25) is 0 Å². The van der Waals surface area contributed by atoms with Gasteiger partial charge in [0.25, 0.3) is 0 Å². The maximum Gasteiger partial charge on any atom is 0.0738 e. The molecule has 14 heavy (non-hydrogen) atoms. The molecule has 0 saturated heterocycles. The van der Waals surface area contributed by atoms with E-state index in [1.54, 1.807) is 11.3 Å². The van der Waals surface area contributed by atoms with Crippen molar-refractivity contribution in [3.05, 3.63) is 22.4 Å². The zero-order valence-electron chi connectivity index (χ0n) is 8.92. The lowest BCUT2D eigenvalue weighted by Gasteiger charge is -2.36. The van der Waals surface area contributed by atoms with E-state index in [0.29, 0.717) is 0 Å². The van der Waals surface area contributed by atoms with Gasteiger partial charge in [0, 0.05) is 6.42 Å². The highest BCUT2D eigenvalue weighted by Gasteiger charge is 2.47. The summed E-state index contributed by atoms with van der Waals surface area (Å²) in [6.45, 7) is 4.37. The fourth-order valence-electron chi connectivity index (χ4n) is 2.45. The molecule has 78 valence electrons. The quantitative estimate of drug-likeness (QED) is 0.794. The molecule has 1 aromatic heterocycles. The van der Waals surface area contributed by atoms with Gasteiger partial charge in [0.2, 0.25) is 0 Å². The van der Waals surface area contributed by atoms with Crippen molar-refractivity contribution in [3.8, 4) is 0 Å². The van der Waals surface area contributed by atoms with E-state index in [4.69, 9.17) is 0 Å². The van der Waals surface area contributed by atoms with Crippen LogP contribution in [-0.4, -0.2) is 10.7 Å². The molecule has 1 N–H and O–H groups in total. The Morgan fingerprint density at radius 3 is 2.71 bits per heavy atom. The summed E-state index contributed by atoms with van der Waals surface area (Å²) in [5, 5.41) is 14.8. The second-order valence-corrected chi connectivity index (χ2v) is 5.86. The van der Waals surface area contributed by atoms with Gasteiger partial charge < -0.3 is 5.11 Å². The average Bonchev–Trinajstić information content (AvgIpc) is 2.63. The summed E-state index contributed by atoms with van der Waals surface area (Å²) in [4.78, 5) is 0. The average molecular weight is 210 g/mol. The standard InChI is InChI=1S/C12H18OS/c1-11(2)5-3-6-12(11,13)8-10-4-7-14-9-10/h4,7,9,13H,3,5-6,8H2,1-2H3. The third kappa shape index (κ3) is 1.61. The molecule has 1 saturated carbocycles. The van der Waals surface area contributed by atoms with Crippen molar-refractivity contribution in [2.45, 2.75) is 45.1 Å². The second-order valence-electron chi connectivity index (χ2n) is 5.08. The van der Waals surface area contributed by atoms with Crippen LogP contribution in [0, 0.1) is 5.41 Å². The topological polar surface area (TPSA) is 20.2 Å². The molecular weight excluding hydrogens is 192 g/mol. The number of aliphatic hydroxyl groups is 1. The van der Waals surface area contributed by atoms with Crippen molar-refractivity contribution in [1.29, 1.82) is 0 Å². The Morgan fingerprint density at radius 1 is 1.43 bits per heavy atom. The maximum atomic E-state index is 10.6. The van der Waals surface area contributed by atoms with Crippen LogP contribution in [0.15, 0.2) is 16.8 Å². The molecular formula is C12H18OS. The molecule has 2 rings (SSSR count). The molecule has 1 aromatic rings. The third-order valence-electron chi connectivity index (χ3n) is 3.73. The van der Waals surface area contributed by atoms with Gasteiger partial charge in [0.1, 0.15) is 0 Å². The van der Waals surface area contributed by atoms with Gasteiger partial charge in [-0.25, -0.2) is 0 Å². The van der Waals surface area contributed by atoms with Gasteiger partial charge in [-0.15, -0.1) is 0 Å². The van der Waals surface area contributed by atoms with Crippen LogP contribution in [0.3, 0.4) is 0 Å². The SMILES string of the molecule is CC1(C)CCCC1(O)Cc1ccsc1. The molecule has 0 bridgehead atoms. The Labute approximate surface area is 89.8 Å². The maximum absolute atomic E-state index is 10.6. The molecule has 1 nitrogen and oxygen atoms in total. The molecule has 1 aliphatic carbocycles. The molecule has 2 heteroatoms. The molecule has 1 fully saturated rings. The molecule has 1 atom stereocenters. The van der Waals surface area contributed by atoms with E-state index in [1.807, 2.05) is 0 Å². The molecule has 1 heterocycles. The first-order valence-corrected chi connectivity index (χ1v) is 6.21.